The van der Waals surface area contributed by atoms with Gasteiger partial charge in [-0.1, -0.05) is 0 Å². The largest absolute Gasteiger partial charge is 0.373 e. The van der Waals surface area contributed by atoms with E-state index in [9.17, 15) is 4.79 Å². The standard InChI is InChI=1S/C8H8O2S/c9-7-5-10-3-1-8-6(7)2-4-11-8/h2,4H,1,3,5H2. The van der Waals surface area contributed by atoms with E-state index in [4.69, 9.17) is 4.74 Å². The highest BCUT2D eigenvalue weighted by atomic mass is 32.1. The molecule has 0 bridgehead atoms. The Morgan fingerprint density at radius 2 is 2.45 bits per heavy atom. The molecule has 58 valence electrons. The number of carbonyl (C=O) groups is 1. The maximum Gasteiger partial charge on any atom is 0.189 e. The SMILES string of the molecule is O=C1COCCc2sccc21. The van der Waals surface area contributed by atoms with Gasteiger partial charge in [0.2, 0.25) is 0 Å². The van der Waals surface area contributed by atoms with Crippen LogP contribution in [0.5, 0.6) is 0 Å². The van der Waals surface area contributed by atoms with Crippen molar-refractivity contribution in [3.05, 3.63) is 21.9 Å². The lowest BCUT2D eigenvalue weighted by molar-refractivity contribution is 0.0788. The zero-order valence-corrected chi connectivity index (χ0v) is 6.82. The fourth-order valence-electron chi connectivity index (χ4n) is 1.19. The maximum atomic E-state index is 11.2. The minimum Gasteiger partial charge on any atom is -0.373 e. The van der Waals surface area contributed by atoms with Crippen LogP contribution in [0.15, 0.2) is 11.4 Å². The Kier molecular flexibility index (Phi) is 1.75. The quantitative estimate of drug-likeness (QED) is 0.587. The van der Waals surface area contributed by atoms with Crippen molar-refractivity contribution in [3.8, 4) is 0 Å². The minimum atomic E-state index is 0.124. The van der Waals surface area contributed by atoms with Crippen molar-refractivity contribution in [1.29, 1.82) is 0 Å². The molecule has 0 unspecified atom stereocenters. The number of thiophene rings is 1. The molecule has 2 nitrogen and oxygen atoms in total. The molecule has 0 fully saturated rings. The third-order valence-electron chi connectivity index (χ3n) is 1.75. The third kappa shape index (κ3) is 1.21. The molecular weight excluding hydrogens is 160 g/mol. The molecule has 0 amide bonds. The van der Waals surface area contributed by atoms with Crippen molar-refractivity contribution in [2.24, 2.45) is 0 Å². The van der Waals surface area contributed by atoms with Gasteiger partial charge in [0, 0.05) is 16.9 Å². The van der Waals surface area contributed by atoms with Gasteiger partial charge in [-0.05, 0) is 11.4 Å². The first-order chi connectivity index (χ1) is 5.38. The summed E-state index contributed by atoms with van der Waals surface area (Å²) in [6.45, 7) is 0.934. The Hall–Kier alpha value is -0.670. The van der Waals surface area contributed by atoms with E-state index in [1.807, 2.05) is 11.4 Å². The first-order valence-corrected chi connectivity index (χ1v) is 4.43. The second-order valence-corrected chi connectivity index (χ2v) is 3.48. The number of carbonyl (C=O) groups excluding carboxylic acids is 1. The summed E-state index contributed by atoms with van der Waals surface area (Å²) in [5, 5.41) is 1.97. The fraction of sp³-hybridized carbons (Fsp3) is 0.375. The summed E-state index contributed by atoms with van der Waals surface area (Å²) in [4.78, 5) is 12.4. The Bertz CT molecular complexity index is 277. The van der Waals surface area contributed by atoms with Gasteiger partial charge in [0.05, 0.1) is 6.61 Å². The number of hydrogen-bond acceptors (Lipinski definition) is 3. The second-order valence-electron chi connectivity index (χ2n) is 2.48. The highest BCUT2D eigenvalue weighted by molar-refractivity contribution is 7.10. The molecule has 1 aliphatic rings. The summed E-state index contributed by atoms with van der Waals surface area (Å²) < 4.78 is 5.10. The van der Waals surface area contributed by atoms with E-state index in [0.717, 1.165) is 12.0 Å². The minimum absolute atomic E-state index is 0.124. The molecule has 11 heavy (non-hydrogen) atoms. The molecule has 1 aromatic heterocycles. The zero-order chi connectivity index (χ0) is 7.68. The normalized spacial score (nSPS) is 17.6. The van der Waals surface area contributed by atoms with Crippen LogP contribution in [0.2, 0.25) is 0 Å². The molecule has 2 heterocycles. The van der Waals surface area contributed by atoms with Crippen LogP contribution in [-0.4, -0.2) is 19.0 Å². The van der Waals surface area contributed by atoms with Gasteiger partial charge in [0.25, 0.3) is 0 Å². The van der Waals surface area contributed by atoms with E-state index >= 15 is 0 Å². The third-order valence-corrected chi connectivity index (χ3v) is 2.73. The Morgan fingerprint density at radius 3 is 3.36 bits per heavy atom. The van der Waals surface area contributed by atoms with Crippen LogP contribution in [0.25, 0.3) is 0 Å². The maximum absolute atomic E-state index is 11.2. The summed E-state index contributed by atoms with van der Waals surface area (Å²) in [5.41, 5.74) is 0.868. The number of fused-ring (bicyclic) bond motifs is 1. The van der Waals surface area contributed by atoms with Gasteiger partial charge in [-0.25, -0.2) is 0 Å². The average Bonchev–Trinajstić information content (AvgIpc) is 2.40. The second kappa shape index (κ2) is 2.75. The molecule has 0 N–H and O–H groups in total. The molecule has 0 spiro atoms. The predicted octanol–water partition coefficient (Wildman–Crippen LogP) is 1.50. The van der Waals surface area contributed by atoms with Gasteiger partial charge >= 0.3 is 0 Å². The number of ketones is 1. The van der Waals surface area contributed by atoms with Crippen LogP contribution in [0.4, 0.5) is 0 Å². The lowest BCUT2D eigenvalue weighted by Gasteiger charge is -1.92. The molecule has 1 aliphatic heterocycles. The van der Waals surface area contributed by atoms with Gasteiger partial charge in [0.1, 0.15) is 6.61 Å². The summed E-state index contributed by atoms with van der Waals surface area (Å²) in [7, 11) is 0. The Labute approximate surface area is 68.8 Å². The molecule has 0 radical (unpaired) electrons. The van der Waals surface area contributed by atoms with Gasteiger partial charge in [-0.3, -0.25) is 4.79 Å². The van der Waals surface area contributed by atoms with E-state index in [2.05, 4.69) is 0 Å². The highest BCUT2D eigenvalue weighted by Crippen LogP contribution is 2.20. The van der Waals surface area contributed by atoms with Gasteiger partial charge in [0.15, 0.2) is 5.78 Å². The van der Waals surface area contributed by atoms with Crippen molar-refractivity contribution >= 4 is 17.1 Å². The molecule has 0 saturated heterocycles. The smallest absolute Gasteiger partial charge is 0.189 e. The number of ether oxygens (including phenoxy) is 1. The molecular formula is C8H8O2S. The van der Waals surface area contributed by atoms with Crippen LogP contribution in [0, 0.1) is 0 Å². The lowest BCUT2D eigenvalue weighted by Crippen LogP contribution is -2.05. The van der Waals surface area contributed by atoms with Crippen molar-refractivity contribution in [1.82, 2.24) is 0 Å². The monoisotopic (exact) mass is 168 g/mol. The molecule has 3 heteroatoms. The molecule has 0 saturated carbocycles. The van der Waals surface area contributed by atoms with E-state index < -0.39 is 0 Å². The van der Waals surface area contributed by atoms with Crippen molar-refractivity contribution in [3.63, 3.8) is 0 Å². The highest BCUT2D eigenvalue weighted by Gasteiger charge is 2.15. The lowest BCUT2D eigenvalue weighted by atomic mass is 10.1. The van der Waals surface area contributed by atoms with Gasteiger partial charge in [-0.2, -0.15) is 0 Å². The topological polar surface area (TPSA) is 26.3 Å². The van der Waals surface area contributed by atoms with Crippen molar-refractivity contribution in [2.75, 3.05) is 13.2 Å². The first kappa shape index (κ1) is 7.00. The summed E-state index contributed by atoms with van der Waals surface area (Å²) in [6, 6.07) is 1.89. The average molecular weight is 168 g/mol. The van der Waals surface area contributed by atoms with Crippen LogP contribution >= 0.6 is 11.3 Å². The number of hydrogen-bond donors (Lipinski definition) is 0. The van der Waals surface area contributed by atoms with Crippen LogP contribution in [0.3, 0.4) is 0 Å². The summed E-state index contributed by atoms with van der Waals surface area (Å²) in [6.07, 6.45) is 0.888. The van der Waals surface area contributed by atoms with E-state index in [-0.39, 0.29) is 12.4 Å². The van der Waals surface area contributed by atoms with E-state index in [0.29, 0.717) is 6.61 Å². The zero-order valence-electron chi connectivity index (χ0n) is 6.00. The van der Waals surface area contributed by atoms with Crippen molar-refractivity contribution in [2.45, 2.75) is 6.42 Å². The van der Waals surface area contributed by atoms with Crippen LogP contribution < -0.4 is 0 Å². The fourth-order valence-corrected chi connectivity index (χ4v) is 2.07. The molecule has 0 atom stereocenters. The number of rotatable bonds is 0. The molecule has 0 aromatic carbocycles. The first-order valence-electron chi connectivity index (χ1n) is 3.55. The molecule has 1 aromatic rings. The van der Waals surface area contributed by atoms with Gasteiger partial charge < -0.3 is 4.74 Å². The van der Waals surface area contributed by atoms with E-state index in [1.54, 1.807) is 11.3 Å². The Morgan fingerprint density at radius 1 is 1.55 bits per heavy atom. The van der Waals surface area contributed by atoms with Crippen LogP contribution in [0.1, 0.15) is 15.2 Å². The molecule has 0 aliphatic carbocycles. The van der Waals surface area contributed by atoms with Crippen molar-refractivity contribution < 1.29 is 9.53 Å². The molecule has 2 rings (SSSR count). The van der Waals surface area contributed by atoms with Crippen LogP contribution in [-0.2, 0) is 11.2 Å². The number of Topliss-reactive ketones (excluding diaryl/α,β-unsaturated/α-hetero) is 1. The summed E-state index contributed by atoms with van der Waals surface area (Å²) in [5.74, 6) is 0.124. The van der Waals surface area contributed by atoms with E-state index in [1.165, 1.54) is 4.88 Å². The van der Waals surface area contributed by atoms with Gasteiger partial charge in [-0.15, -0.1) is 11.3 Å². The summed E-state index contributed by atoms with van der Waals surface area (Å²) >= 11 is 1.64. The predicted molar refractivity (Wildman–Crippen MR) is 43.2 cm³/mol. The Balaban J connectivity index is 2.41.